The molecule has 3 atom stereocenters. The first kappa shape index (κ1) is 31.7. The molecule has 4 rings (SSSR count). The largest absolute Gasteiger partial charge is 0.459 e. The van der Waals surface area contributed by atoms with Crippen LogP contribution in [0.4, 0.5) is 5.82 Å². The molecule has 0 bridgehead atoms. The molecule has 0 saturated heterocycles. The van der Waals surface area contributed by atoms with Gasteiger partial charge >= 0.3 is 13.7 Å². The van der Waals surface area contributed by atoms with E-state index in [9.17, 15) is 9.36 Å². The summed E-state index contributed by atoms with van der Waals surface area (Å²) in [5.41, 5.74) is 7.57. The van der Waals surface area contributed by atoms with E-state index in [4.69, 9.17) is 40.8 Å². The molecule has 0 amide bonds. The number of nitrogens with two attached hydrogens (primary N) is 1. The molecule has 0 radical (unpaired) electrons. The van der Waals surface area contributed by atoms with Gasteiger partial charge in [-0.1, -0.05) is 29.8 Å². The highest BCUT2D eigenvalue weighted by atomic mass is 35.5. The molecule has 226 valence electrons. The van der Waals surface area contributed by atoms with Crippen LogP contribution < -0.4 is 15.3 Å². The zero-order valence-corrected chi connectivity index (χ0v) is 26.2. The minimum atomic E-state index is -4.16. The molecule has 2 heterocycles. The number of rotatable bonds is 12. The van der Waals surface area contributed by atoms with Crippen LogP contribution in [-0.2, 0) is 36.5 Å². The molecular weight excluding hydrogens is 581 g/mol. The Labute approximate surface area is 250 Å². The van der Waals surface area contributed by atoms with Gasteiger partial charge in [-0.25, -0.2) is 14.5 Å². The predicted octanol–water partition coefficient (Wildman–Crippen LogP) is 6.27. The lowest BCUT2D eigenvalue weighted by atomic mass is 10.2. The van der Waals surface area contributed by atoms with Crippen molar-refractivity contribution in [3.05, 3.63) is 59.4 Å². The maximum absolute atomic E-state index is 14.2. The predicted molar refractivity (Wildman–Crippen MR) is 163 cm³/mol. The van der Waals surface area contributed by atoms with Gasteiger partial charge in [-0.05, 0) is 71.9 Å². The van der Waals surface area contributed by atoms with Crippen molar-refractivity contribution < 1.29 is 27.9 Å². The zero-order valence-electron chi connectivity index (χ0n) is 24.6. The van der Waals surface area contributed by atoms with Crippen LogP contribution in [0.5, 0.6) is 5.75 Å². The monoisotopic (exact) mass is 617 g/mol. The topological polar surface area (TPSA) is 140 Å². The van der Waals surface area contributed by atoms with Gasteiger partial charge in [-0.15, -0.1) is 0 Å². The molecule has 4 aromatic rings. The number of ether oxygens (including phenoxy) is 2. The Kier molecular flexibility index (Phi) is 9.80. The standard InChI is InChI=1S/C29H37ClN5O6P/c1-7-38-17-24-33-25-26(22-10-8-9-11-23(22)32-27(25)31)35(24)16-18(2)40-42(37,41-21-14-12-20(30)13-15-21)34-19(3)28(36)39-29(4,5)6/h8-15,18-19H,7,16-17H2,1-6H3,(H2,31,32)(H,34,37)/t18-,19+,42-/m1/s1. The van der Waals surface area contributed by atoms with Crippen molar-refractivity contribution in [1.82, 2.24) is 19.6 Å². The van der Waals surface area contributed by atoms with Gasteiger partial charge in [0.2, 0.25) is 0 Å². The minimum absolute atomic E-state index is 0.211. The molecule has 3 N–H and O–H groups in total. The summed E-state index contributed by atoms with van der Waals surface area (Å²) in [6.45, 7) is 11.4. The second-order valence-electron chi connectivity index (χ2n) is 10.8. The Bertz CT molecular complexity index is 1600. The third kappa shape index (κ3) is 7.79. The van der Waals surface area contributed by atoms with Crippen LogP contribution in [0.15, 0.2) is 48.5 Å². The molecule has 13 heteroatoms. The highest BCUT2D eigenvalue weighted by Crippen LogP contribution is 2.47. The zero-order chi connectivity index (χ0) is 30.7. The van der Waals surface area contributed by atoms with Crippen LogP contribution in [0.25, 0.3) is 21.9 Å². The van der Waals surface area contributed by atoms with Gasteiger partial charge in [0, 0.05) is 17.0 Å². The van der Waals surface area contributed by atoms with Gasteiger partial charge in [0.15, 0.2) is 5.82 Å². The number of carbonyl (C=O) groups is 1. The number of nitrogen functional groups attached to an aromatic ring is 1. The molecule has 0 fully saturated rings. The molecule has 11 nitrogen and oxygen atoms in total. The molecule has 2 aromatic carbocycles. The number of fused-ring (bicyclic) bond motifs is 3. The van der Waals surface area contributed by atoms with Crippen molar-refractivity contribution in [2.45, 2.75) is 72.4 Å². The molecule has 0 unspecified atom stereocenters. The number of benzene rings is 2. The number of imidazole rings is 1. The van der Waals surface area contributed by atoms with E-state index in [0.29, 0.717) is 34.3 Å². The average molecular weight is 618 g/mol. The van der Waals surface area contributed by atoms with Crippen molar-refractivity contribution in [1.29, 1.82) is 0 Å². The molecular formula is C29H37ClN5O6P. The lowest BCUT2D eigenvalue weighted by Crippen LogP contribution is -2.39. The summed E-state index contributed by atoms with van der Waals surface area (Å²) >= 11 is 6.02. The number of nitrogens with one attached hydrogen (secondary N) is 1. The Morgan fingerprint density at radius 2 is 1.81 bits per heavy atom. The third-order valence-corrected chi connectivity index (χ3v) is 8.08. The van der Waals surface area contributed by atoms with Crippen LogP contribution in [0.3, 0.4) is 0 Å². The summed E-state index contributed by atoms with van der Waals surface area (Å²) in [4.78, 5) is 22.0. The first-order chi connectivity index (χ1) is 19.8. The number of anilines is 1. The van der Waals surface area contributed by atoms with Crippen molar-refractivity contribution in [2.24, 2.45) is 0 Å². The van der Waals surface area contributed by atoms with Crippen molar-refractivity contribution in [3.63, 3.8) is 0 Å². The molecule has 2 aromatic heterocycles. The molecule has 0 saturated carbocycles. The van der Waals surface area contributed by atoms with Crippen LogP contribution in [0.2, 0.25) is 5.02 Å². The molecule has 0 aliphatic rings. The van der Waals surface area contributed by atoms with E-state index in [1.165, 1.54) is 6.92 Å². The molecule has 0 spiro atoms. The SMILES string of the molecule is CCOCc1nc2c(N)nc3ccccc3c2n1C[C@@H](C)O[P@](=O)(N[C@@H](C)C(=O)OC(C)(C)C)Oc1ccc(Cl)cc1. The Morgan fingerprint density at radius 3 is 2.48 bits per heavy atom. The minimum Gasteiger partial charge on any atom is -0.459 e. The Morgan fingerprint density at radius 1 is 1.12 bits per heavy atom. The van der Waals surface area contributed by atoms with E-state index in [-0.39, 0.29) is 18.9 Å². The van der Waals surface area contributed by atoms with E-state index < -0.39 is 31.5 Å². The van der Waals surface area contributed by atoms with E-state index in [2.05, 4.69) is 10.1 Å². The maximum Gasteiger partial charge on any atom is 0.459 e. The van der Waals surface area contributed by atoms with Crippen molar-refractivity contribution in [3.8, 4) is 5.75 Å². The number of pyridine rings is 1. The van der Waals surface area contributed by atoms with Crippen LogP contribution in [-0.4, -0.2) is 44.9 Å². The Balaban J connectivity index is 1.68. The van der Waals surface area contributed by atoms with Crippen LogP contribution in [0, 0.1) is 0 Å². The summed E-state index contributed by atoms with van der Waals surface area (Å²) in [6.07, 6.45) is -0.701. The van der Waals surface area contributed by atoms with Gasteiger partial charge in [0.25, 0.3) is 0 Å². The van der Waals surface area contributed by atoms with Gasteiger partial charge < -0.3 is 24.3 Å². The van der Waals surface area contributed by atoms with Gasteiger partial charge in [-0.3, -0.25) is 9.32 Å². The number of para-hydroxylation sites is 1. The molecule has 42 heavy (non-hydrogen) atoms. The second-order valence-corrected chi connectivity index (χ2v) is 12.9. The van der Waals surface area contributed by atoms with Gasteiger partial charge in [0.05, 0.1) is 23.7 Å². The smallest absolute Gasteiger partial charge is 0.459 e. The average Bonchev–Trinajstić information content (AvgIpc) is 3.26. The molecule has 0 aliphatic heterocycles. The number of hydrogen-bond acceptors (Lipinski definition) is 9. The number of aromatic nitrogens is 3. The third-order valence-electron chi connectivity index (χ3n) is 6.03. The van der Waals surface area contributed by atoms with Gasteiger partial charge in [-0.2, -0.15) is 5.09 Å². The number of hydrogen-bond donors (Lipinski definition) is 2. The summed E-state index contributed by atoms with van der Waals surface area (Å²) in [5, 5.41) is 4.07. The number of halogens is 1. The summed E-state index contributed by atoms with van der Waals surface area (Å²) in [6, 6.07) is 12.9. The second kappa shape index (κ2) is 13.0. The number of esters is 1. The van der Waals surface area contributed by atoms with Crippen molar-refractivity contribution in [2.75, 3.05) is 12.3 Å². The van der Waals surface area contributed by atoms with E-state index in [1.807, 2.05) is 35.8 Å². The van der Waals surface area contributed by atoms with Crippen LogP contribution in [0.1, 0.15) is 47.4 Å². The van der Waals surface area contributed by atoms with Crippen molar-refractivity contribution >= 4 is 53.1 Å². The summed E-state index contributed by atoms with van der Waals surface area (Å²) < 4.78 is 39.2. The quantitative estimate of drug-likeness (QED) is 0.138. The first-order valence-electron chi connectivity index (χ1n) is 13.6. The van der Waals surface area contributed by atoms with E-state index in [1.54, 1.807) is 52.0 Å². The Hall–Kier alpha value is -3.21. The lowest BCUT2D eigenvalue weighted by Gasteiger charge is -2.28. The number of carbonyl (C=O) groups excluding carboxylic acids is 1. The van der Waals surface area contributed by atoms with Gasteiger partial charge in [0.1, 0.15) is 35.3 Å². The fourth-order valence-corrected chi connectivity index (χ4v) is 6.13. The van der Waals surface area contributed by atoms with Crippen LogP contribution >= 0.6 is 19.3 Å². The maximum atomic E-state index is 14.2. The fraction of sp³-hybridized carbons (Fsp3) is 0.414. The van der Waals surface area contributed by atoms with E-state index >= 15 is 0 Å². The number of nitrogens with zero attached hydrogens (tertiary/aromatic N) is 3. The molecule has 0 aliphatic carbocycles. The highest BCUT2D eigenvalue weighted by Gasteiger charge is 2.35. The fourth-order valence-electron chi connectivity index (χ4n) is 4.33. The highest BCUT2D eigenvalue weighted by molar-refractivity contribution is 7.52. The lowest BCUT2D eigenvalue weighted by molar-refractivity contribution is -0.156. The van der Waals surface area contributed by atoms with E-state index in [0.717, 1.165) is 10.9 Å². The first-order valence-corrected chi connectivity index (χ1v) is 15.6. The summed E-state index contributed by atoms with van der Waals surface area (Å²) in [5.74, 6) is 0.538. The summed E-state index contributed by atoms with van der Waals surface area (Å²) in [7, 11) is -4.16. The normalized spacial score (nSPS) is 14.9.